The highest BCUT2D eigenvalue weighted by Crippen LogP contribution is 2.65. The highest BCUT2D eigenvalue weighted by Gasteiger charge is 2.70. The average Bonchev–Trinajstić information content (AvgIpc) is 2.28. The fraction of sp³-hybridized carbons (Fsp3) is 1.00. The molecule has 0 radical (unpaired) electrons. The van der Waals surface area contributed by atoms with Crippen LogP contribution in [0.2, 0.25) is 0 Å². The van der Waals surface area contributed by atoms with E-state index < -0.39 is 0 Å². The van der Waals surface area contributed by atoms with E-state index in [9.17, 15) is 0 Å². The van der Waals surface area contributed by atoms with Gasteiger partial charge in [-0.15, -0.1) is 0 Å². The second kappa shape index (κ2) is 0.740. The van der Waals surface area contributed by atoms with Crippen LogP contribution in [0.4, 0.5) is 0 Å². The van der Waals surface area contributed by atoms with Gasteiger partial charge in [-0.2, -0.15) is 0 Å². The molecule has 2 aliphatic rings. The fourth-order valence-electron chi connectivity index (χ4n) is 1.18. The fourth-order valence-corrected chi connectivity index (χ4v) is 1.18. The molecule has 2 nitrogen and oxygen atoms in total. The van der Waals surface area contributed by atoms with Gasteiger partial charge >= 0.3 is 0 Å². The quantitative estimate of drug-likeness (QED) is 0.431. The summed E-state index contributed by atoms with van der Waals surface area (Å²) in [5.74, 6) is 0. The van der Waals surface area contributed by atoms with E-state index in [1.165, 1.54) is 0 Å². The minimum atomic E-state index is -0.164. The van der Waals surface area contributed by atoms with Crippen LogP contribution in [-0.4, -0.2) is 22.4 Å². The highest BCUT2D eigenvalue weighted by atomic mass is 16.3. The molecule has 1 spiro atoms. The zero-order valence-corrected chi connectivity index (χ0v) is 3.96. The Morgan fingerprint density at radius 3 is 1.43 bits per heavy atom. The Morgan fingerprint density at radius 1 is 1.14 bits per heavy atom. The molecule has 2 N–H and O–H groups in total. The van der Waals surface area contributed by atoms with Gasteiger partial charge in [0, 0.05) is 5.41 Å². The standard InChI is InChI=1S/C5H8O2/c6-3-1-5(3)2-4(5)7/h3-4,6-7H,1-2H2. The zero-order chi connectivity index (χ0) is 5.07. The van der Waals surface area contributed by atoms with Gasteiger partial charge in [0.15, 0.2) is 0 Å². The lowest BCUT2D eigenvalue weighted by Crippen LogP contribution is -1.89. The maximum absolute atomic E-state index is 8.77. The zero-order valence-electron chi connectivity index (χ0n) is 3.96. The van der Waals surface area contributed by atoms with Crippen LogP contribution < -0.4 is 0 Å². The Hall–Kier alpha value is -0.0800. The van der Waals surface area contributed by atoms with Gasteiger partial charge in [0.2, 0.25) is 0 Å². The molecule has 2 aliphatic carbocycles. The lowest BCUT2D eigenvalue weighted by molar-refractivity contribution is 0.207. The van der Waals surface area contributed by atoms with Crippen LogP contribution in [0.15, 0.2) is 0 Å². The molecule has 7 heavy (non-hydrogen) atoms. The van der Waals surface area contributed by atoms with Crippen molar-refractivity contribution < 1.29 is 10.2 Å². The number of hydrogen-bond acceptors (Lipinski definition) is 2. The smallest absolute Gasteiger partial charge is 0.0630 e. The lowest BCUT2D eigenvalue weighted by Gasteiger charge is -1.78. The largest absolute Gasteiger partial charge is 0.392 e. The van der Waals surface area contributed by atoms with Crippen LogP contribution in [0.1, 0.15) is 12.8 Å². The first-order valence-corrected chi connectivity index (χ1v) is 2.62. The summed E-state index contributed by atoms with van der Waals surface area (Å²) in [6.45, 7) is 0. The summed E-state index contributed by atoms with van der Waals surface area (Å²) >= 11 is 0. The van der Waals surface area contributed by atoms with Crippen LogP contribution in [0.5, 0.6) is 0 Å². The molecule has 40 valence electrons. The molecule has 0 aliphatic heterocycles. The molecule has 2 fully saturated rings. The molecule has 0 saturated heterocycles. The van der Waals surface area contributed by atoms with E-state index in [1.807, 2.05) is 0 Å². The van der Waals surface area contributed by atoms with E-state index in [1.54, 1.807) is 0 Å². The van der Waals surface area contributed by atoms with E-state index >= 15 is 0 Å². The van der Waals surface area contributed by atoms with E-state index in [0.29, 0.717) is 0 Å². The number of rotatable bonds is 0. The predicted molar refractivity (Wildman–Crippen MR) is 23.7 cm³/mol. The van der Waals surface area contributed by atoms with Crippen molar-refractivity contribution in [2.24, 2.45) is 5.41 Å². The summed E-state index contributed by atoms with van der Waals surface area (Å²) < 4.78 is 0. The Bertz CT molecular complexity index is 96.6. The van der Waals surface area contributed by atoms with E-state index in [2.05, 4.69) is 0 Å². The molecule has 2 unspecified atom stereocenters. The van der Waals surface area contributed by atoms with Crippen molar-refractivity contribution in [1.82, 2.24) is 0 Å². The molecule has 0 aromatic rings. The van der Waals surface area contributed by atoms with E-state index in [-0.39, 0.29) is 17.6 Å². The third-order valence-corrected chi connectivity index (χ3v) is 2.15. The first-order chi connectivity index (χ1) is 3.26. The Morgan fingerprint density at radius 2 is 1.43 bits per heavy atom. The first kappa shape index (κ1) is 3.87. The van der Waals surface area contributed by atoms with Gasteiger partial charge in [-0.05, 0) is 12.8 Å². The van der Waals surface area contributed by atoms with Crippen molar-refractivity contribution in [1.29, 1.82) is 0 Å². The normalized spacial score (nSPS) is 66.0. The molecule has 0 aromatic carbocycles. The van der Waals surface area contributed by atoms with E-state index in [4.69, 9.17) is 10.2 Å². The van der Waals surface area contributed by atoms with Crippen LogP contribution in [-0.2, 0) is 0 Å². The van der Waals surface area contributed by atoms with Crippen molar-refractivity contribution in [3.05, 3.63) is 0 Å². The first-order valence-electron chi connectivity index (χ1n) is 2.62. The second-order valence-corrected chi connectivity index (χ2v) is 2.67. The van der Waals surface area contributed by atoms with Gasteiger partial charge in [-0.1, -0.05) is 0 Å². The van der Waals surface area contributed by atoms with E-state index in [0.717, 1.165) is 12.8 Å². The van der Waals surface area contributed by atoms with Gasteiger partial charge in [-0.3, -0.25) is 0 Å². The highest BCUT2D eigenvalue weighted by molar-refractivity contribution is 5.20. The monoisotopic (exact) mass is 100 g/mol. The molecule has 2 saturated carbocycles. The maximum atomic E-state index is 8.77. The van der Waals surface area contributed by atoms with Gasteiger partial charge in [0.05, 0.1) is 12.2 Å². The number of hydrogen-bond donors (Lipinski definition) is 2. The lowest BCUT2D eigenvalue weighted by atomic mass is 10.4. The maximum Gasteiger partial charge on any atom is 0.0630 e. The Balaban J connectivity index is 2.11. The molecule has 0 bridgehead atoms. The molecule has 0 heterocycles. The second-order valence-electron chi connectivity index (χ2n) is 2.67. The number of aliphatic hydroxyl groups is 2. The Kier molecular flexibility index (Phi) is 0.408. The summed E-state index contributed by atoms with van der Waals surface area (Å²) in [6.07, 6.45) is 1.35. The predicted octanol–water partition coefficient (Wildman–Crippen LogP) is -0.498. The minimum Gasteiger partial charge on any atom is -0.392 e. The van der Waals surface area contributed by atoms with Crippen LogP contribution in [0, 0.1) is 5.41 Å². The van der Waals surface area contributed by atoms with Crippen LogP contribution >= 0.6 is 0 Å². The van der Waals surface area contributed by atoms with Crippen molar-refractivity contribution >= 4 is 0 Å². The van der Waals surface area contributed by atoms with Crippen molar-refractivity contribution in [3.63, 3.8) is 0 Å². The van der Waals surface area contributed by atoms with Crippen LogP contribution in [0.25, 0.3) is 0 Å². The molecule has 0 aromatic heterocycles. The molecular formula is C5H8O2. The summed E-state index contributed by atoms with van der Waals surface area (Å²) in [4.78, 5) is 0. The van der Waals surface area contributed by atoms with Crippen molar-refractivity contribution in [3.8, 4) is 0 Å². The topological polar surface area (TPSA) is 40.5 Å². The molecule has 2 rings (SSSR count). The number of aliphatic hydroxyl groups excluding tert-OH is 2. The summed E-state index contributed by atoms with van der Waals surface area (Å²) in [6, 6.07) is 0. The van der Waals surface area contributed by atoms with Gasteiger partial charge in [-0.25, -0.2) is 0 Å². The van der Waals surface area contributed by atoms with Gasteiger partial charge in [0.25, 0.3) is 0 Å². The van der Waals surface area contributed by atoms with Gasteiger partial charge < -0.3 is 10.2 Å². The average molecular weight is 100 g/mol. The third-order valence-electron chi connectivity index (χ3n) is 2.15. The minimum absolute atomic E-state index is 0.0278. The van der Waals surface area contributed by atoms with Gasteiger partial charge in [0.1, 0.15) is 0 Å². The molecule has 2 atom stereocenters. The molecule has 0 amide bonds. The molecule has 2 heteroatoms. The summed E-state index contributed by atoms with van der Waals surface area (Å²) in [5.41, 5.74) is 0.0278. The summed E-state index contributed by atoms with van der Waals surface area (Å²) in [7, 11) is 0. The summed E-state index contributed by atoms with van der Waals surface area (Å²) in [5, 5.41) is 17.5. The third kappa shape index (κ3) is 0.283. The van der Waals surface area contributed by atoms with Crippen molar-refractivity contribution in [2.45, 2.75) is 25.0 Å². The Labute approximate surface area is 41.8 Å². The molecular weight excluding hydrogens is 92.1 g/mol. The SMILES string of the molecule is OC1CC12CC2O. The van der Waals surface area contributed by atoms with Crippen molar-refractivity contribution in [2.75, 3.05) is 0 Å². The van der Waals surface area contributed by atoms with Crippen LogP contribution in [0.3, 0.4) is 0 Å².